The fourth-order valence-electron chi connectivity index (χ4n) is 6.14. The summed E-state index contributed by atoms with van der Waals surface area (Å²) < 4.78 is 6.47. The Balaban J connectivity index is 1.37. The minimum Gasteiger partial charge on any atom is -0.467 e. The van der Waals surface area contributed by atoms with E-state index in [1.54, 1.807) is 0 Å². The monoisotopic (exact) mass is 397 g/mol. The van der Waals surface area contributed by atoms with E-state index in [0.29, 0.717) is 23.6 Å². The first-order valence-corrected chi connectivity index (χ1v) is 11.1. The Morgan fingerprint density at radius 1 is 1.24 bits per heavy atom. The summed E-state index contributed by atoms with van der Waals surface area (Å²) in [5, 5.41) is 3.20. The molecular weight excluding hydrogens is 366 g/mol. The zero-order chi connectivity index (χ0) is 20.2. The molecule has 1 spiro atoms. The molecule has 4 fully saturated rings. The average Bonchev–Trinajstić information content (AvgIpc) is 2.73. The molecule has 6 heteroatoms. The van der Waals surface area contributed by atoms with Crippen molar-refractivity contribution in [3.63, 3.8) is 0 Å². The van der Waals surface area contributed by atoms with Gasteiger partial charge in [-0.25, -0.2) is 0 Å². The third-order valence-electron chi connectivity index (χ3n) is 7.93. The van der Waals surface area contributed by atoms with E-state index >= 15 is 0 Å². The number of piperazine rings is 1. The van der Waals surface area contributed by atoms with E-state index in [2.05, 4.69) is 29.0 Å². The van der Waals surface area contributed by atoms with Gasteiger partial charge in [0.05, 0.1) is 5.56 Å². The number of nitrogens with one attached hydrogen (secondary N) is 1. The Hall–Kier alpha value is -2.08. The van der Waals surface area contributed by atoms with Gasteiger partial charge in [-0.05, 0) is 43.4 Å². The van der Waals surface area contributed by atoms with E-state index in [1.807, 2.05) is 24.3 Å². The number of fused-ring (bicyclic) bond motifs is 3. The van der Waals surface area contributed by atoms with Crippen molar-refractivity contribution in [3.8, 4) is 5.75 Å². The summed E-state index contributed by atoms with van der Waals surface area (Å²) in [4.78, 5) is 30.7. The van der Waals surface area contributed by atoms with Gasteiger partial charge < -0.3 is 19.9 Å². The Labute approximate surface area is 172 Å². The molecule has 156 valence electrons. The molecule has 0 radical (unpaired) electrons. The Kier molecular flexibility index (Phi) is 4.39. The maximum absolute atomic E-state index is 13.5. The Morgan fingerprint density at radius 3 is 2.72 bits per heavy atom. The first-order chi connectivity index (χ1) is 13.9. The van der Waals surface area contributed by atoms with Crippen LogP contribution in [0.4, 0.5) is 0 Å². The molecule has 1 aromatic rings. The Bertz CT molecular complexity index is 834. The number of nitrogens with zero attached hydrogens (tertiary/aromatic N) is 2. The van der Waals surface area contributed by atoms with Gasteiger partial charge in [0.2, 0.25) is 5.91 Å². The van der Waals surface area contributed by atoms with Gasteiger partial charge in [-0.1, -0.05) is 26.0 Å². The number of ether oxygens (including phenoxy) is 1. The second-order valence-electron chi connectivity index (χ2n) is 9.56. The van der Waals surface area contributed by atoms with Crippen molar-refractivity contribution in [2.45, 2.75) is 45.3 Å². The number of carbonyl (C=O) groups is 2. The van der Waals surface area contributed by atoms with Crippen molar-refractivity contribution >= 4 is 11.8 Å². The number of benzene rings is 1. The highest BCUT2D eigenvalue weighted by Gasteiger charge is 2.62. The largest absolute Gasteiger partial charge is 0.467 e. The summed E-state index contributed by atoms with van der Waals surface area (Å²) in [6.45, 7) is 9.04. The lowest BCUT2D eigenvalue weighted by Gasteiger charge is -2.60. The number of hydrogen-bond acceptors (Lipinski definition) is 4. The highest BCUT2D eigenvalue weighted by atomic mass is 16.5. The average molecular weight is 398 g/mol. The van der Waals surface area contributed by atoms with Gasteiger partial charge in [0.25, 0.3) is 5.91 Å². The van der Waals surface area contributed by atoms with Crippen LogP contribution in [0.3, 0.4) is 0 Å². The van der Waals surface area contributed by atoms with Crippen LogP contribution in [0.15, 0.2) is 24.3 Å². The lowest BCUT2D eigenvalue weighted by Crippen LogP contribution is -2.69. The highest BCUT2D eigenvalue weighted by molar-refractivity contribution is 5.98. The van der Waals surface area contributed by atoms with E-state index < -0.39 is 5.72 Å². The van der Waals surface area contributed by atoms with Crippen LogP contribution in [0.1, 0.15) is 49.9 Å². The molecule has 4 atom stereocenters. The van der Waals surface area contributed by atoms with Crippen molar-refractivity contribution in [3.05, 3.63) is 29.8 Å². The van der Waals surface area contributed by atoms with Crippen LogP contribution in [0, 0.1) is 17.3 Å². The molecule has 2 heterocycles. The molecule has 6 nitrogen and oxygen atoms in total. The zero-order valence-corrected chi connectivity index (χ0v) is 17.4. The second kappa shape index (κ2) is 6.73. The standard InChI is InChI=1S/C23H31N3O3/c1-3-25-10-12-26(13-11-25)21(28)18-14-16-8-9-22(18,2)15-23(16)24-20(27)17-6-4-5-7-19(17)29-23/h4-7,16,18H,3,8-15H2,1-2H3,(H,24,27)/t16-,18-,22-,23+/m1/s1. The number of likely N-dealkylation sites (N-methyl/N-ethyl adjacent to an activating group) is 1. The van der Waals surface area contributed by atoms with Crippen LogP contribution in [0.5, 0.6) is 5.75 Å². The predicted molar refractivity (Wildman–Crippen MR) is 110 cm³/mol. The normalized spacial score (nSPS) is 36.5. The molecule has 0 aromatic heterocycles. The van der Waals surface area contributed by atoms with Gasteiger partial charge >= 0.3 is 0 Å². The molecule has 3 saturated carbocycles. The van der Waals surface area contributed by atoms with E-state index in [4.69, 9.17) is 4.74 Å². The summed E-state index contributed by atoms with van der Waals surface area (Å²) in [7, 11) is 0. The maximum Gasteiger partial charge on any atom is 0.258 e. The Morgan fingerprint density at radius 2 is 2.00 bits per heavy atom. The second-order valence-corrected chi connectivity index (χ2v) is 9.56. The van der Waals surface area contributed by atoms with Gasteiger partial charge in [0, 0.05) is 44.4 Å². The number of amides is 2. The number of para-hydroxylation sites is 1. The van der Waals surface area contributed by atoms with Crippen LogP contribution >= 0.6 is 0 Å². The first kappa shape index (κ1) is 18.9. The van der Waals surface area contributed by atoms with Crippen LogP contribution in [-0.4, -0.2) is 60.1 Å². The van der Waals surface area contributed by atoms with Gasteiger partial charge in [-0.3, -0.25) is 9.59 Å². The van der Waals surface area contributed by atoms with Crippen LogP contribution in [-0.2, 0) is 4.79 Å². The summed E-state index contributed by atoms with van der Waals surface area (Å²) in [6.07, 6.45) is 3.51. The fraction of sp³-hybridized carbons (Fsp3) is 0.652. The summed E-state index contributed by atoms with van der Waals surface area (Å²) in [5.74, 6) is 1.13. The lowest BCUT2D eigenvalue weighted by molar-refractivity contribution is -0.175. The van der Waals surface area contributed by atoms with Crippen molar-refractivity contribution in [1.82, 2.24) is 15.1 Å². The van der Waals surface area contributed by atoms with Crippen LogP contribution < -0.4 is 10.1 Å². The number of rotatable bonds is 2. The van der Waals surface area contributed by atoms with Gasteiger partial charge in [-0.15, -0.1) is 0 Å². The number of carbonyl (C=O) groups excluding carboxylic acids is 2. The maximum atomic E-state index is 13.5. The highest BCUT2D eigenvalue weighted by Crippen LogP contribution is 2.59. The molecule has 1 saturated heterocycles. The quantitative estimate of drug-likeness (QED) is 0.833. The fourth-order valence-corrected chi connectivity index (χ4v) is 6.14. The lowest BCUT2D eigenvalue weighted by atomic mass is 9.52. The van der Waals surface area contributed by atoms with Crippen molar-refractivity contribution in [2.24, 2.45) is 17.3 Å². The van der Waals surface area contributed by atoms with E-state index in [-0.39, 0.29) is 23.2 Å². The molecule has 2 bridgehead atoms. The SMILES string of the molecule is CCN1CCN(C(=O)[C@H]2C[C@H]3CC[C@]2(C)C[C@@]32NC(=O)c3ccccc3O2)CC1. The first-order valence-electron chi connectivity index (χ1n) is 11.1. The van der Waals surface area contributed by atoms with Crippen molar-refractivity contribution < 1.29 is 14.3 Å². The van der Waals surface area contributed by atoms with Crippen molar-refractivity contribution in [1.29, 1.82) is 0 Å². The van der Waals surface area contributed by atoms with Gasteiger partial charge in [0.1, 0.15) is 5.75 Å². The molecule has 2 aliphatic heterocycles. The molecular formula is C23H31N3O3. The molecule has 2 amide bonds. The smallest absolute Gasteiger partial charge is 0.258 e. The van der Waals surface area contributed by atoms with Gasteiger partial charge in [0.15, 0.2) is 5.72 Å². The van der Waals surface area contributed by atoms with Gasteiger partial charge in [-0.2, -0.15) is 0 Å². The molecule has 6 rings (SSSR count). The van der Waals surface area contributed by atoms with Crippen LogP contribution in [0.25, 0.3) is 0 Å². The van der Waals surface area contributed by atoms with E-state index in [1.165, 1.54) is 0 Å². The number of hydrogen-bond donors (Lipinski definition) is 1. The topological polar surface area (TPSA) is 61.9 Å². The third kappa shape index (κ3) is 2.95. The molecule has 3 aliphatic carbocycles. The summed E-state index contributed by atoms with van der Waals surface area (Å²) in [6, 6.07) is 7.47. The van der Waals surface area contributed by atoms with E-state index in [9.17, 15) is 9.59 Å². The van der Waals surface area contributed by atoms with Crippen LogP contribution in [0.2, 0.25) is 0 Å². The minimum absolute atomic E-state index is 0.0257. The predicted octanol–water partition coefficient (Wildman–Crippen LogP) is 2.50. The third-order valence-corrected chi connectivity index (χ3v) is 7.93. The van der Waals surface area contributed by atoms with Crippen molar-refractivity contribution in [2.75, 3.05) is 32.7 Å². The summed E-state index contributed by atoms with van der Waals surface area (Å²) >= 11 is 0. The molecule has 5 aliphatic rings. The molecule has 0 unspecified atom stereocenters. The van der Waals surface area contributed by atoms with E-state index in [0.717, 1.165) is 52.0 Å². The summed E-state index contributed by atoms with van der Waals surface area (Å²) in [5.41, 5.74) is -0.213. The molecule has 1 N–H and O–H groups in total. The zero-order valence-electron chi connectivity index (χ0n) is 17.4. The molecule has 29 heavy (non-hydrogen) atoms. The minimum atomic E-state index is -0.671. The molecule has 1 aromatic carbocycles.